The Kier molecular flexibility index (Phi) is 9.12. The van der Waals surface area contributed by atoms with Gasteiger partial charge in [0.15, 0.2) is 0 Å². The third kappa shape index (κ3) is 5.95. The topological polar surface area (TPSA) is 52.6 Å². The zero-order valence-electron chi connectivity index (χ0n) is 22.0. The van der Waals surface area contributed by atoms with E-state index < -0.39 is 43.7 Å². The Balaban J connectivity index is 1.89. The van der Waals surface area contributed by atoms with Crippen molar-refractivity contribution in [3.63, 3.8) is 0 Å². The fourth-order valence-corrected chi connectivity index (χ4v) is 9.75. The molecule has 15 heteroatoms. The molecule has 0 heterocycles. The Morgan fingerprint density at radius 3 is 1.47 bits per heavy atom. The number of ether oxygens (including phenoxy) is 1. The molecule has 1 fully saturated rings. The van der Waals surface area contributed by atoms with Crippen molar-refractivity contribution in [1.29, 1.82) is 0 Å². The van der Waals surface area contributed by atoms with Crippen LogP contribution in [0.3, 0.4) is 0 Å². The molecule has 236 valence electrons. The lowest BCUT2D eigenvalue weighted by Gasteiger charge is -2.41. The van der Waals surface area contributed by atoms with Crippen LogP contribution in [0.5, 0.6) is 5.75 Å². The van der Waals surface area contributed by atoms with Crippen LogP contribution in [-0.2, 0) is 13.7 Å². The van der Waals surface area contributed by atoms with Gasteiger partial charge in [0.05, 0.1) is 6.10 Å². The van der Waals surface area contributed by atoms with E-state index in [-0.39, 0.29) is 20.8 Å². The van der Waals surface area contributed by atoms with Crippen LogP contribution in [0.1, 0.15) is 32.1 Å². The summed E-state index contributed by atoms with van der Waals surface area (Å²) in [7, 11) is -11.3. The molecule has 1 saturated carbocycles. The highest BCUT2D eigenvalue weighted by atomic mass is 32.3. The van der Waals surface area contributed by atoms with Crippen molar-refractivity contribution in [2.45, 2.75) is 76.2 Å². The van der Waals surface area contributed by atoms with E-state index in [0.29, 0.717) is 5.75 Å². The quantitative estimate of drug-likeness (QED) is 0.204. The number of rotatable bonds is 10. The minimum Gasteiger partial charge on any atom is -0.490 e. The summed E-state index contributed by atoms with van der Waals surface area (Å²) < 4.78 is 161. The Hall–Kier alpha value is -2.91. The molecule has 0 aromatic heterocycles. The Labute approximate surface area is 243 Å². The molecular formula is C28H25F9O4S2. The zero-order chi connectivity index (χ0) is 31.7. The second kappa shape index (κ2) is 11.9. The van der Waals surface area contributed by atoms with Crippen molar-refractivity contribution in [1.82, 2.24) is 0 Å². The van der Waals surface area contributed by atoms with Gasteiger partial charge in [-0.1, -0.05) is 42.8 Å². The van der Waals surface area contributed by atoms with Crippen molar-refractivity contribution < 1.29 is 56.3 Å². The molecule has 0 atom stereocenters. The molecule has 0 bridgehead atoms. The summed E-state index contributed by atoms with van der Waals surface area (Å²) in [6.07, 6.45) is -2.86. The normalized spacial score (nSPS) is 16.6. The van der Waals surface area contributed by atoms with Gasteiger partial charge in [0.2, 0.25) is 0 Å². The predicted octanol–water partition coefficient (Wildman–Crippen LogP) is 9.37. The van der Waals surface area contributed by atoms with Gasteiger partial charge < -0.3 is 4.74 Å². The summed E-state index contributed by atoms with van der Waals surface area (Å²) in [6.45, 7) is 0. The summed E-state index contributed by atoms with van der Waals surface area (Å²) in [6, 6.07) is 18.4. The summed E-state index contributed by atoms with van der Waals surface area (Å²) >= 11 is 0. The third-order valence-corrected chi connectivity index (χ3v) is 12.0. The molecule has 3 aromatic carbocycles. The molecule has 1 aliphatic carbocycles. The summed E-state index contributed by atoms with van der Waals surface area (Å²) in [4.78, 5) is -0.494. The summed E-state index contributed by atoms with van der Waals surface area (Å²) in [5.41, 5.74) is 0. The van der Waals surface area contributed by atoms with Crippen molar-refractivity contribution >= 4 is 20.4 Å². The van der Waals surface area contributed by atoms with Crippen molar-refractivity contribution in [3.8, 4) is 5.75 Å². The molecule has 4 rings (SSSR count). The lowest BCUT2D eigenvalue weighted by molar-refractivity contribution is -0.382. The molecule has 1 aliphatic rings. The van der Waals surface area contributed by atoms with Crippen LogP contribution < -0.4 is 4.74 Å². The maximum Gasteiger partial charge on any atom is 0.460 e. The molecule has 0 amide bonds. The van der Waals surface area contributed by atoms with Crippen molar-refractivity contribution in [3.05, 3.63) is 84.9 Å². The van der Waals surface area contributed by atoms with Crippen LogP contribution in [0.15, 0.2) is 99.6 Å². The van der Waals surface area contributed by atoms with Gasteiger partial charge in [0.1, 0.15) is 5.75 Å². The minimum absolute atomic E-state index is 0.118. The number of benzene rings is 3. The standard InChI is InChI=1S/C28H25F9O4S2/c29-25(30,27(33,34)35)26(31,32)28(36,37)43(38,39)41-42(22-12-6-2-7-13-22,23-14-8-3-9-15-23)24-18-16-21(17-19-24)40-20-10-4-1-5-11-20/h2-3,6-9,12-20H,1,4-5,10-11H2. The summed E-state index contributed by atoms with van der Waals surface area (Å²) in [5.74, 6) is -14.6. The molecule has 0 spiro atoms. The van der Waals surface area contributed by atoms with Crippen LogP contribution in [-0.4, -0.2) is 37.8 Å². The summed E-state index contributed by atoms with van der Waals surface area (Å²) in [5, 5.41) is -7.04. The van der Waals surface area contributed by atoms with Crippen molar-refractivity contribution in [2.75, 3.05) is 0 Å². The van der Waals surface area contributed by atoms with Crippen LogP contribution in [0.25, 0.3) is 0 Å². The first-order chi connectivity index (χ1) is 20.0. The van der Waals surface area contributed by atoms with E-state index in [1.807, 2.05) is 0 Å². The predicted molar refractivity (Wildman–Crippen MR) is 140 cm³/mol. The fourth-order valence-electron chi connectivity index (χ4n) is 4.53. The Morgan fingerprint density at radius 2 is 1.02 bits per heavy atom. The molecular weight excluding hydrogens is 635 g/mol. The van der Waals surface area contributed by atoms with Gasteiger partial charge in [-0.15, -0.1) is 0 Å². The van der Waals surface area contributed by atoms with E-state index in [0.717, 1.165) is 32.1 Å². The minimum atomic E-state index is -7.45. The maximum atomic E-state index is 15.0. The first-order valence-corrected chi connectivity index (χ1v) is 15.8. The lowest BCUT2D eigenvalue weighted by atomic mass is 9.98. The average molecular weight is 661 g/mol. The number of alkyl halides is 9. The third-order valence-electron chi connectivity index (χ3n) is 6.78. The highest BCUT2D eigenvalue weighted by Crippen LogP contribution is 2.71. The molecule has 0 saturated heterocycles. The Bertz CT molecular complexity index is 1440. The molecule has 0 unspecified atom stereocenters. The highest BCUT2D eigenvalue weighted by molar-refractivity contribution is 8.33. The van der Waals surface area contributed by atoms with E-state index in [9.17, 15) is 47.9 Å². The van der Waals surface area contributed by atoms with Crippen LogP contribution in [0.4, 0.5) is 39.5 Å². The zero-order valence-corrected chi connectivity index (χ0v) is 23.7. The van der Waals surface area contributed by atoms with Gasteiger partial charge in [-0.25, -0.2) is 3.63 Å². The first-order valence-electron chi connectivity index (χ1n) is 12.8. The van der Waals surface area contributed by atoms with Gasteiger partial charge >= 0.3 is 33.4 Å². The number of hydrogen-bond acceptors (Lipinski definition) is 4. The van der Waals surface area contributed by atoms with Gasteiger partial charge in [-0.2, -0.15) is 47.9 Å². The monoisotopic (exact) mass is 660 g/mol. The van der Waals surface area contributed by atoms with Crippen molar-refractivity contribution in [2.24, 2.45) is 0 Å². The largest absolute Gasteiger partial charge is 0.490 e. The van der Waals surface area contributed by atoms with E-state index in [1.165, 1.54) is 84.9 Å². The second-order valence-electron chi connectivity index (χ2n) is 9.72. The second-order valence-corrected chi connectivity index (χ2v) is 14.2. The maximum absolute atomic E-state index is 15.0. The molecule has 3 aromatic rings. The Morgan fingerprint density at radius 1 is 0.581 bits per heavy atom. The van der Waals surface area contributed by atoms with E-state index >= 15 is 0 Å². The smallest absolute Gasteiger partial charge is 0.460 e. The van der Waals surface area contributed by atoms with Gasteiger partial charge in [0, 0.05) is 14.7 Å². The number of halogens is 9. The average Bonchev–Trinajstić information content (AvgIpc) is 2.97. The van der Waals surface area contributed by atoms with E-state index in [1.54, 1.807) is 0 Å². The van der Waals surface area contributed by atoms with Gasteiger partial charge in [-0.3, -0.25) is 0 Å². The van der Waals surface area contributed by atoms with Crippen LogP contribution >= 0.6 is 10.3 Å². The van der Waals surface area contributed by atoms with Gasteiger partial charge in [-0.05, 0) is 84.5 Å². The van der Waals surface area contributed by atoms with Crippen LogP contribution in [0, 0.1) is 0 Å². The lowest BCUT2D eigenvalue weighted by Crippen LogP contribution is -2.63. The molecule has 4 nitrogen and oxygen atoms in total. The van der Waals surface area contributed by atoms with E-state index in [4.69, 9.17) is 8.37 Å². The number of hydrogen-bond donors (Lipinski definition) is 0. The van der Waals surface area contributed by atoms with Crippen LogP contribution in [0.2, 0.25) is 0 Å². The molecule has 43 heavy (non-hydrogen) atoms. The first kappa shape index (κ1) is 33.0. The van der Waals surface area contributed by atoms with E-state index in [2.05, 4.69) is 0 Å². The molecule has 0 aliphatic heterocycles. The SMILES string of the molecule is O=S(=O)(OS(c1ccccc1)(c1ccccc1)c1ccc(OC2CCCCC2)cc1)C(F)(F)C(F)(F)C(F)(F)C(F)(F)F. The highest BCUT2D eigenvalue weighted by Gasteiger charge is 2.86. The van der Waals surface area contributed by atoms with Gasteiger partial charge in [0.25, 0.3) is 0 Å². The molecule has 0 N–H and O–H groups in total. The molecule has 0 radical (unpaired) electrons. The fraction of sp³-hybridized carbons (Fsp3) is 0.357.